The van der Waals surface area contributed by atoms with E-state index in [0.717, 1.165) is 0 Å². The van der Waals surface area contributed by atoms with Gasteiger partial charge >= 0.3 is 0 Å². The molecule has 6 nitrogen and oxygen atoms in total. The van der Waals surface area contributed by atoms with Gasteiger partial charge in [0.1, 0.15) is 17.7 Å². The van der Waals surface area contributed by atoms with Crippen LogP contribution >= 0.6 is 11.6 Å². The first-order valence-corrected chi connectivity index (χ1v) is 8.49. The highest BCUT2D eigenvalue weighted by molar-refractivity contribution is 6.30. The van der Waals surface area contributed by atoms with Crippen molar-refractivity contribution in [1.82, 2.24) is 5.32 Å². The second-order valence-corrected chi connectivity index (χ2v) is 7.50. The predicted molar refractivity (Wildman–Crippen MR) is 101 cm³/mol. The molecule has 0 radical (unpaired) electrons. The van der Waals surface area contributed by atoms with Crippen molar-refractivity contribution < 1.29 is 20.1 Å². The first kappa shape index (κ1) is 20.0. The first-order valence-electron chi connectivity index (χ1n) is 8.11. The van der Waals surface area contributed by atoms with Crippen LogP contribution < -0.4 is 10.6 Å². The number of anilines is 1. The Morgan fingerprint density at radius 2 is 1.77 bits per heavy atom. The van der Waals surface area contributed by atoms with Gasteiger partial charge in [-0.3, -0.25) is 10.1 Å². The van der Waals surface area contributed by atoms with Gasteiger partial charge in [-0.05, 0) is 57.2 Å². The van der Waals surface area contributed by atoms with Crippen LogP contribution in [-0.2, 0) is 11.2 Å². The van der Waals surface area contributed by atoms with Gasteiger partial charge in [-0.25, -0.2) is 0 Å². The zero-order valence-electron chi connectivity index (χ0n) is 14.9. The molecule has 0 saturated carbocycles. The third kappa shape index (κ3) is 5.62. The van der Waals surface area contributed by atoms with Gasteiger partial charge in [0.2, 0.25) is 5.91 Å². The van der Waals surface area contributed by atoms with Crippen LogP contribution in [0.25, 0.3) is 0 Å². The molecule has 0 fully saturated rings. The molecule has 2 aromatic rings. The third-order valence-electron chi connectivity index (χ3n) is 3.57. The normalized spacial score (nSPS) is 12.7. The smallest absolute Gasteiger partial charge is 0.228 e. The SMILES string of the molecule is CC(C)(C)NC(O)c1cc(NC(=O)Cc2cc(Cl)ccc2O)ccc1O. The van der Waals surface area contributed by atoms with Crippen molar-refractivity contribution in [1.29, 1.82) is 0 Å². The van der Waals surface area contributed by atoms with Gasteiger partial charge in [-0.15, -0.1) is 0 Å². The fourth-order valence-corrected chi connectivity index (χ4v) is 2.61. The molecule has 1 atom stereocenters. The molecule has 7 heteroatoms. The van der Waals surface area contributed by atoms with E-state index in [1.165, 1.54) is 36.4 Å². The lowest BCUT2D eigenvalue weighted by Gasteiger charge is -2.26. The fraction of sp³-hybridized carbons (Fsp3) is 0.316. The molecule has 0 aromatic heterocycles. The highest BCUT2D eigenvalue weighted by Crippen LogP contribution is 2.28. The number of carbonyl (C=O) groups is 1. The number of phenols is 2. The summed E-state index contributed by atoms with van der Waals surface area (Å²) >= 11 is 5.88. The van der Waals surface area contributed by atoms with E-state index in [0.29, 0.717) is 16.3 Å². The molecule has 0 aliphatic carbocycles. The zero-order chi connectivity index (χ0) is 19.5. The Morgan fingerprint density at radius 1 is 1.12 bits per heavy atom. The lowest BCUT2D eigenvalue weighted by Crippen LogP contribution is -2.38. The van der Waals surface area contributed by atoms with Crippen LogP contribution in [0.5, 0.6) is 11.5 Å². The maximum atomic E-state index is 12.2. The molecule has 2 aromatic carbocycles. The molecule has 0 bridgehead atoms. The molecule has 26 heavy (non-hydrogen) atoms. The molecule has 0 aliphatic rings. The number of benzene rings is 2. The number of rotatable bonds is 5. The van der Waals surface area contributed by atoms with Gasteiger partial charge in [0.05, 0.1) is 6.42 Å². The number of halogens is 1. The summed E-state index contributed by atoms with van der Waals surface area (Å²) in [6.45, 7) is 5.66. The summed E-state index contributed by atoms with van der Waals surface area (Å²) in [4.78, 5) is 12.2. The Kier molecular flexibility index (Phi) is 6.13. The lowest BCUT2D eigenvalue weighted by atomic mass is 10.1. The van der Waals surface area contributed by atoms with E-state index in [9.17, 15) is 20.1 Å². The van der Waals surface area contributed by atoms with E-state index < -0.39 is 6.23 Å². The van der Waals surface area contributed by atoms with Crippen molar-refractivity contribution in [3.05, 3.63) is 52.5 Å². The number of hydrogen-bond acceptors (Lipinski definition) is 5. The van der Waals surface area contributed by atoms with Crippen LogP contribution in [0.3, 0.4) is 0 Å². The average Bonchev–Trinajstić information content (AvgIpc) is 2.51. The maximum absolute atomic E-state index is 12.2. The predicted octanol–water partition coefficient (Wildman–Crippen LogP) is 3.31. The molecule has 2 rings (SSSR count). The minimum absolute atomic E-state index is 0.0132. The molecule has 5 N–H and O–H groups in total. The number of amides is 1. The topological polar surface area (TPSA) is 102 Å². The second-order valence-electron chi connectivity index (χ2n) is 7.07. The first-order chi connectivity index (χ1) is 12.0. The van der Waals surface area contributed by atoms with Gasteiger partial charge in [0.25, 0.3) is 0 Å². The molecule has 0 spiro atoms. The monoisotopic (exact) mass is 378 g/mol. The number of hydrogen-bond donors (Lipinski definition) is 5. The van der Waals surface area contributed by atoms with Crippen LogP contribution in [0.1, 0.15) is 38.1 Å². The molecule has 0 heterocycles. The van der Waals surface area contributed by atoms with Crippen LogP contribution in [0.4, 0.5) is 5.69 Å². The zero-order valence-corrected chi connectivity index (χ0v) is 15.6. The van der Waals surface area contributed by atoms with Gasteiger partial charge in [-0.1, -0.05) is 11.6 Å². The number of carbonyl (C=O) groups excluding carboxylic acids is 1. The highest BCUT2D eigenvalue weighted by Gasteiger charge is 2.20. The van der Waals surface area contributed by atoms with Crippen molar-refractivity contribution in [3.63, 3.8) is 0 Å². The molecular weight excluding hydrogens is 356 g/mol. The van der Waals surface area contributed by atoms with Crippen LogP contribution in [0.15, 0.2) is 36.4 Å². The minimum Gasteiger partial charge on any atom is -0.508 e. The van der Waals surface area contributed by atoms with Crippen LogP contribution in [-0.4, -0.2) is 26.8 Å². The Balaban J connectivity index is 2.13. The van der Waals surface area contributed by atoms with Crippen molar-refractivity contribution in [2.24, 2.45) is 0 Å². The number of aliphatic hydroxyl groups is 1. The van der Waals surface area contributed by atoms with E-state index in [1.807, 2.05) is 20.8 Å². The summed E-state index contributed by atoms with van der Waals surface area (Å²) in [5.74, 6) is -0.460. The van der Waals surface area contributed by atoms with Crippen molar-refractivity contribution in [3.8, 4) is 11.5 Å². The van der Waals surface area contributed by atoms with Gasteiger partial charge in [-0.2, -0.15) is 0 Å². The average molecular weight is 379 g/mol. The summed E-state index contributed by atoms with van der Waals surface area (Å²) in [5, 5.41) is 36.1. The molecule has 0 aliphatic heterocycles. The standard InChI is InChI=1S/C19H23ClN2O4/c1-19(2,3)22-18(26)14-10-13(5-7-16(14)24)21-17(25)9-11-8-12(20)4-6-15(11)23/h4-8,10,18,22-24,26H,9H2,1-3H3,(H,21,25). The Bertz CT molecular complexity index is 803. The second kappa shape index (κ2) is 7.95. The van der Waals surface area contributed by atoms with E-state index in [-0.39, 0.29) is 34.9 Å². The van der Waals surface area contributed by atoms with Gasteiger partial charge < -0.3 is 20.6 Å². The Labute approximate surface area is 157 Å². The Hall–Kier alpha value is -2.28. The summed E-state index contributed by atoms with van der Waals surface area (Å²) in [7, 11) is 0. The van der Waals surface area contributed by atoms with Crippen LogP contribution in [0, 0.1) is 0 Å². The summed E-state index contributed by atoms with van der Waals surface area (Å²) in [6, 6.07) is 8.91. The molecular formula is C19H23ClN2O4. The van der Waals surface area contributed by atoms with Crippen LogP contribution in [0.2, 0.25) is 5.02 Å². The molecule has 1 unspecified atom stereocenters. The van der Waals surface area contributed by atoms with Gasteiger partial charge in [0, 0.05) is 27.4 Å². The Morgan fingerprint density at radius 3 is 2.42 bits per heavy atom. The lowest BCUT2D eigenvalue weighted by molar-refractivity contribution is -0.115. The quantitative estimate of drug-likeness (QED) is 0.406. The largest absolute Gasteiger partial charge is 0.508 e. The molecule has 1 amide bonds. The molecule has 0 saturated heterocycles. The number of aromatic hydroxyl groups is 2. The van der Waals surface area contributed by atoms with E-state index >= 15 is 0 Å². The molecule has 140 valence electrons. The minimum atomic E-state index is -1.09. The van der Waals surface area contributed by atoms with E-state index in [2.05, 4.69) is 10.6 Å². The summed E-state index contributed by atoms with van der Waals surface area (Å²) in [5.41, 5.74) is 0.709. The maximum Gasteiger partial charge on any atom is 0.228 e. The summed E-state index contributed by atoms with van der Waals surface area (Å²) < 4.78 is 0. The van der Waals surface area contributed by atoms with Crippen molar-refractivity contribution in [2.45, 2.75) is 39.0 Å². The highest BCUT2D eigenvalue weighted by atomic mass is 35.5. The number of nitrogens with one attached hydrogen (secondary N) is 2. The fourth-order valence-electron chi connectivity index (χ4n) is 2.41. The van der Waals surface area contributed by atoms with Crippen molar-refractivity contribution >= 4 is 23.2 Å². The summed E-state index contributed by atoms with van der Waals surface area (Å²) in [6.07, 6.45) is -1.16. The van der Waals surface area contributed by atoms with Gasteiger partial charge in [0.15, 0.2) is 0 Å². The third-order valence-corrected chi connectivity index (χ3v) is 3.80. The van der Waals surface area contributed by atoms with E-state index in [4.69, 9.17) is 11.6 Å². The number of phenolic OH excluding ortho intramolecular Hbond substituents is 2. The number of aliphatic hydroxyl groups excluding tert-OH is 1. The van der Waals surface area contributed by atoms with Crippen molar-refractivity contribution in [2.75, 3.05) is 5.32 Å². The van der Waals surface area contributed by atoms with E-state index in [1.54, 1.807) is 0 Å².